The summed E-state index contributed by atoms with van der Waals surface area (Å²) in [7, 11) is 0. The Morgan fingerprint density at radius 1 is 1.38 bits per heavy atom. The Bertz CT molecular complexity index is 445. The molecule has 4 nitrogen and oxygen atoms in total. The van der Waals surface area contributed by atoms with Gasteiger partial charge in [0.1, 0.15) is 5.76 Å². The molecule has 3 atom stereocenters. The average molecular weight is 291 g/mol. The number of nitrogens with zero attached hydrogens (tertiary/aromatic N) is 2. The summed E-state index contributed by atoms with van der Waals surface area (Å²) in [6.45, 7) is 7.63. The smallest absolute Gasteiger partial charge is 0.211 e. The molecule has 1 aromatic rings. The van der Waals surface area contributed by atoms with E-state index in [0.29, 0.717) is 24.2 Å². The first-order valence-corrected chi connectivity index (χ1v) is 8.62. The monoisotopic (exact) mass is 291 g/mol. The van der Waals surface area contributed by atoms with Crippen LogP contribution in [0.4, 0.5) is 0 Å². The topological polar surface area (TPSA) is 41.3 Å². The Balaban J connectivity index is 1.71. The summed E-state index contributed by atoms with van der Waals surface area (Å²) in [6, 6.07) is 2.39. The standard InChI is InChI=1S/C17H29N3O/c1-4-8-18-14-9-15-6-5-7-16(10-14)20(15)13(3)17-19-11-12(2)21-17/h11,13-16,18H,4-10H2,1-3H3. The van der Waals surface area contributed by atoms with Crippen molar-refractivity contribution in [3.8, 4) is 0 Å². The first kappa shape index (κ1) is 15.0. The van der Waals surface area contributed by atoms with Crippen molar-refractivity contribution in [1.29, 1.82) is 0 Å². The molecule has 3 rings (SSSR count). The van der Waals surface area contributed by atoms with Crippen LogP contribution in [0.25, 0.3) is 0 Å². The molecule has 0 radical (unpaired) electrons. The van der Waals surface area contributed by atoms with Crippen LogP contribution in [0.15, 0.2) is 10.6 Å². The van der Waals surface area contributed by atoms with Crippen molar-refractivity contribution in [2.45, 2.75) is 83.5 Å². The predicted molar refractivity (Wildman–Crippen MR) is 84.2 cm³/mol. The minimum absolute atomic E-state index is 0.307. The second-order valence-electron chi connectivity index (χ2n) is 6.79. The van der Waals surface area contributed by atoms with E-state index in [4.69, 9.17) is 4.42 Å². The lowest BCUT2D eigenvalue weighted by Crippen LogP contribution is -2.56. The maximum absolute atomic E-state index is 5.79. The van der Waals surface area contributed by atoms with Gasteiger partial charge in [-0.05, 0) is 52.5 Å². The molecule has 2 saturated heterocycles. The van der Waals surface area contributed by atoms with E-state index < -0.39 is 0 Å². The third-order valence-corrected chi connectivity index (χ3v) is 5.16. The van der Waals surface area contributed by atoms with E-state index in [9.17, 15) is 0 Å². The number of hydrogen-bond donors (Lipinski definition) is 1. The number of nitrogens with one attached hydrogen (secondary N) is 1. The fourth-order valence-electron chi connectivity index (χ4n) is 4.26. The Hall–Kier alpha value is -0.870. The normalized spacial score (nSPS) is 31.3. The van der Waals surface area contributed by atoms with Crippen LogP contribution < -0.4 is 5.32 Å². The zero-order chi connectivity index (χ0) is 14.8. The Morgan fingerprint density at radius 2 is 2.10 bits per heavy atom. The van der Waals surface area contributed by atoms with E-state index in [2.05, 4.69) is 29.0 Å². The maximum Gasteiger partial charge on any atom is 0.211 e. The second kappa shape index (κ2) is 6.49. The van der Waals surface area contributed by atoms with Gasteiger partial charge < -0.3 is 9.73 Å². The number of aryl methyl sites for hydroxylation is 1. The molecular weight excluding hydrogens is 262 g/mol. The van der Waals surface area contributed by atoms with Gasteiger partial charge in [0.25, 0.3) is 0 Å². The van der Waals surface area contributed by atoms with E-state index in [1.165, 1.54) is 38.5 Å². The van der Waals surface area contributed by atoms with Gasteiger partial charge in [-0.15, -0.1) is 0 Å². The summed E-state index contributed by atoms with van der Waals surface area (Å²) < 4.78 is 5.79. The molecule has 0 spiro atoms. The lowest BCUT2D eigenvalue weighted by atomic mass is 9.80. The van der Waals surface area contributed by atoms with Crippen molar-refractivity contribution in [3.05, 3.63) is 17.8 Å². The zero-order valence-electron chi connectivity index (χ0n) is 13.6. The molecule has 0 amide bonds. The quantitative estimate of drug-likeness (QED) is 0.902. The van der Waals surface area contributed by atoms with E-state index in [1.807, 2.05) is 13.1 Å². The minimum atomic E-state index is 0.307. The minimum Gasteiger partial charge on any atom is -0.444 e. The van der Waals surface area contributed by atoms with Gasteiger partial charge >= 0.3 is 0 Å². The summed E-state index contributed by atoms with van der Waals surface area (Å²) in [4.78, 5) is 7.16. The van der Waals surface area contributed by atoms with Gasteiger partial charge in [0.05, 0.1) is 12.2 Å². The maximum atomic E-state index is 5.79. The molecule has 0 saturated carbocycles. The highest BCUT2D eigenvalue weighted by molar-refractivity contribution is 5.02. The van der Waals surface area contributed by atoms with Gasteiger partial charge in [-0.2, -0.15) is 0 Å². The molecule has 1 aromatic heterocycles. The van der Waals surface area contributed by atoms with Crippen LogP contribution in [0.1, 0.15) is 70.1 Å². The van der Waals surface area contributed by atoms with Gasteiger partial charge in [0, 0.05) is 18.1 Å². The molecule has 118 valence electrons. The average Bonchev–Trinajstić information content (AvgIpc) is 2.90. The lowest BCUT2D eigenvalue weighted by Gasteiger charge is -2.51. The van der Waals surface area contributed by atoms with Crippen molar-refractivity contribution in [3.63, 3.8) is 0 Å². The third-order valence-electron chi connectivity index (χ3n) is 5.16. The number of aromatic nitrogens is 1. The Morgan fingerprint density at radius 3 is 2.67 bits per heavy atom. The Kier molecular flexibility index (Phi) is 4.65. The molecule has 2 aliphatic heterocycles. The van der Waals surface area contributed by atoms with Crippen molar-refractivity contribution in [1.82, 2.24) is 15.2 Å². The van der Waals surface area contributed by atoms with Gasteiger partial charge in [-0.25, -0.2) is 4.98 Å². The van der Waals surface area contributed by atoms with Crippen molar-refractivity contribution in [2.75, 3.05) is 6.54 Å². The number of piperidine rings is 2. The molecule has 3 unspecified atom stereocenters. The highest BCUT2D eigenvalue weighted by Crippen LogP contribution is 2.39. The summed E-state index contributed by atoms with van der Waals surface area (Å²) in [5, 5.41) is 3.74. The second-order valence-corrected chi connectivity index (χ2v) is 6.79. The molecule has 4 heteroatoms. The van der Waals surface area contributed by atoms with Gasteiger partial charge in [0.15, 0.2) is 0 Å². The number of rotatable bonds is 5. The van der Waals surface area contributed by atoms with Crippen LogP contribution in [-0.2, 0) is 0 Å². The first-order chi connectivity index (χ1) is 10.2. The van der Waals surface area contributed by atoms with Crippen molar-refractivity contribution in [2.24, 2.45) is 0 Å². The van der Waals surface area contributed by atoms with E-state index in [1.54, 1.807) is 0 Å². The first-order valence-electron chi connectivity index (χ1n) is 8.62. The predicted octanol–water partition coefficient (Wildman–Crippen LogP) is 3.43. The highest BCUT2D eigenvalue weighted by atomic mass is 16.4. The summed E-state index contributed by atoms with van der Waals surface area (Å²) >= 11 is 0. The van der Waals surface area contributed by atoms with Crippen molar-refractivity contribution >= 4 is 0 Å². The van der Waals surface area contributed by atoms with Crippen molar-refractivity contribution < 1.29 is 4.42 Å². The molecule has 2 aliphatic rings. The van der Waals surface area contributed by atoms with Crippen LogP contribution in [0.2, 0.25) is 0 Å². The van der Waals surface area contributed by atoms with Gasteiger partial charge in [-0.1, -0.05) is 13.3 Å². The molecule has 2 bridgehead atoms. The molecule has 0 aliphatic carbocycles. The van der Waals surface area contributed by atoms with Crippen LogP contribution >= 0.6 is 0 Å². The van der Waals surface area contributed by atoms with Crippen LogP contribution in [-0.4, -0.2) is 34.6 Å². The number of fused-ring (bicyclic) bond motifs is 2. The molecule has 0 aromatic carbocycles. The molecule has 3 heterocycles. The van der Waals surface area contributed by atoms with E-state index in [-0.39, 0.29) is 0 Å². The summed E-state index contributed by atoms with van der Waals surface area (Å²) in [5.41, 5.74) is 0. The molecule has 2 fully saturated rings. The van der Waals surface area contributed by atoms with E-state index >= 15 is 0 Å². The number of oxazole rings is 1. The summed E-state index contributed by atoms with van der Waals surface area (Å²) in [6.07, 6.45) is 9.65. The Labute approximate surface area is 128 Å². The SMILES string of the molecule is CCCNC1CC2CCCC(C1)N2C(C)c1ncc(C)o1. The third kappa shape index (κ3) is 3.16. The molecule has 21 heavy (non-hydrogen) atoms. The lowest BCUT2D eigenvalue weighted by molar-refractivity contribution is -0.0142. The zero-order valence-corrected chi connectivity index (χ0v) is 13.6. The van der Waals surface area contributed by atoms with Crippen LogP contribution in [0, 0.1) is 6.92 Å². The summed E-state index contributed by atoms with van der Waals surface area (Å²) in [5.74, 6) is 1.81. The van der Waals surface area contributed by atoms with Crippen LogP contribution in [0.5, 0.6) is 0 Å². The van der Waals surface area contributed by atoms with Gasteiger partial charge in [0.2, 0.25) is 5.89 Å². The van der Waals surface area contributed by atoms with Gasteiger partial charge in [-0.3, -0.25) is 4.90 Å². The molecular formula is C17H29N3O. The molecule has 1 N–H and O–H groups in total. The highest BCUT2D eigenvalue weighted by Gasteiger charge is 2.41. The van der Waals surface area contributed by atoms with E-state index in [0.717, 1.165) is 18.2 Å². The largest absolute Gasteiger partial charge is 0.444 e. The van der Waals surface area contributed by atoms with Crippen LogP contribution in [0.3, 0.4) is 0 Å². The number of hydrogen-bond acceptors (Lipinski definition) is 4. The fraction of sp³-hybridized carbons (Fsp3) is 0.824. The fourth-order valence-corrected chi connectivity index (χ4v) is 4.26.